The molecule has 0 radical (unpaired) electrons. The molecule has 16 nitrogen and oxygen atoms in total. The van der Waals surface area contributed by atoms with Crippen molar-refractivity contribution < 1.29 is 65.4 Å². The average Bonchev–Trinajstić information content (AvgIpc) is 3.15. The molecule has 0 unspecified atom stereocenters. The maximum Gasteiger partial charge on any atom is 0.251 e. The molecule has 0 aromatic heterocycles. The number of nitrogens with one attached hydrogen (secondary N) is 2. The Kier molecular flexibility index (Phi) is 29.8. The second kappa shape index (κ2) is 31.1. The lowest BCUT2D eigenvalue weighted by Crippen LogP contribution is -2.52. The van der Waals surface area contributed by atoms with E-state index >= 15 is 0 Å². The summed E-state index contributed by atoms with van der Waals surface area (Å²) in [6.07, 6.45) is 4.18. The fourth-order valence-corrected chi connectivity index (χ4v) is 5.39. The Balaban J connectivity index is 4.81. The van der Waals surface area contributed by atoms with E-state index in [9.17, 15) is 55.2 Å². The van der Waals surface area contributed by atoms with Crippen LogP contribution in [-0.2, 0) is 14.4 Å². The zero-order valence-electron chi connectivity index (χ0n) is 31.0. The standard InChI is InChI=1S/C36H69N3O13/c1-2-3-4-5-6-7-8-9-10-11-12-13-14-15-16-19-28(44)39(22-17-20-37-35(51)33(49)31(47)29(45)26(42)24-40)23-18-21-38-36(52)34(50)32(48)30(46)27(43)25-41/h10-11,26-27,29-34,40-43,45-50H,2-9,12-25H2,1H3,(H,37,51)(H,38,52)/b11-10+/t26-,27-,29+,30+,31-,32-,33+,34+/m0/s1. The van der Waals surface area contributed by atoms with Crippen molar-refractivity contribution in [2.45, 2.75) is 158 Å². The van der Waals surface area contributed by atoms with Crippen molar-refractivity contribution in [1.82, 2.24) is 15.5 Å². The molecule has 52 heavy (non-hydrogen) atoms. The molecule has 0 saturated heterocycles. The topological polar surface area (TPSA) is 281 Å². The molecule has 0 saturated carbocycles. The minimum atomic E-state index is -2.08. The molecule has 0 bridgehead atoms. The van der Waals surface area contributed by atoms with Crippen LogP contribution in [0.3, 0.4) is 0 Å². The van der Waals surface area contributed by atoms with Gasteiger partial charge in [-0.15, -0.1) is 0 Å². The van der Waals surface area contributed by atoms with Crippen molar-refractivity contribution in [2.24, 2.45) is 0 Å². The van der Waals surface area contributed by atoms with Gasteiger partial charge in [0, 0.05) is 32.6 Å². The van der Waals surface area contributed by atoms with Gasteiger partial charge in [0.15, 0.2) is 12.2 Å². The number of hydrogen-bond donors (Lipinski definition) is 12. The van der Waals surface area contributed by atoms with Gasteiger partial charge in [0.05, 0.1) is 13.2 Å². The molecule has 0 heterocycles. The van der Waals surface area contributed by atoms with Crippen molar-refractivity contribution in [1.29, 1.82) is 0 Å². The first kappa shape index (κ1) is 49.8. The van der Waals surface area contributed by atoms with Gasteiger partial charge in [-0.2, -0.15) is 0 Å². The van der Waals surface area contributed by atoms with Crippen LogP contribution in [0.15, 0.2) is 12.2 Å². The first-order valence-electron chi connectivity index (χ1n) is 19.0. The van der Waals surface area contributed by atoms with Crippen LogP contribution in [0.2, 0.25) is 0 Å². The third kappa shape index (κ3) is 22.1. The summed E-state index contributed by atoms with van der Waals surface area (Å²) in [4.78, 5) is 39.1. The fraction of sp³-hybridized carbons (Fsp3) is 0.861. The summed E-state index contributed by atoms with van der Waals surface area (Å²) in [5.41, 5.74) is 0. The van der Waals surface area contributed by atoms with E-state index in [1.54, 1.807) is 4.90 Å². The maximum absolute atomic E-state index is 13.1. The van der Waals surface area contributed by atoms with Crippen LogP contribution < -0.4 is 10.6 Å². The van der Waals surface area contributed by atoms with E-state index < -0.39 is 73.9 Å². The molecule has 0 fully saturated rings. The summed E-state index contributed by atoms with van der Waals surface area (Å²) in [7, 11) is 0. The number of aliphatic hydroxyl groups excluding tert-OH is 10. The van der Waals surface area contributed by atoms with Crippen LogP contribution in [0.5, 0.6) is 0 Å². The molecule has 0 aliphatic carbocycles. The van der Waals surface area contributed by atoms with Crippen LogP contribution in [0.1, 0.15) is 110 Å². The van der Waals surface area contributed by atoms with E-state index in [-0.39, 0.29) is 51.3 Å². The van der Waals surface area contributed by atoms with Crippen molar-refractivity contribution in [3.8, 4) is 0 Å². The fourth-order valence-electron chi connectivity index (χ4n) is 5.39. The zero-order valence-corrected chi connectivity index (χ0v) is 31.0. The second-order valence-electron chi connectivity index (χ2n) is 13.4. The van der Waals surface area contributed by atoms with Gasteiger partial charge in [0.25, 0.3) is 11.8 Å². The van der Waals surface area contributed by atoms with Gasteiger partial charge in [-0.1, -0.05) is 70.4 Å². The van der Waals surface area contributed by atoms with Gasteiger partial charge in [-0.05, 0) is 44.9 Å². The summed E-state index contributed by atoms with van der Waals surface area (Å²) < 4.78 is 0. The molecule has 0 rings (SSSR count). The first-order valence-corrected chi connectivity index (χ1v) is 19.0. The summed E-state index contributed by atoms with van der Waals surface area (Å²) >= 11 is 0. The average molecular weight is 752 g/mol. The summed E-state index contributed by atoms with van der Waals surface area (Å²) in [5.74, 6) is -2.20. The lowest BCUT2D eigenvalue weighted by Gasteiger charge is -2.26. The van der Waals surface area contributed by atoms with Gasteiger partial charge < -0.3 is 66.6 Å². The highest BCUT2D eigenvalue weighted by atomic mass is 16.4. The third-order valence-corrected chi connectivity index (χ3v) is 8.86. The van der Waals surface area contributed by atoms with Crippen LogP contribution in [0, 0.1) is 0 Å². The van der Waals surface area contributed by atoms with E-state index in [4.69, 9.17) is 10.2 Å². The van der Waals surface area contributed by atoms with E-state index in [0.29, 0.717) is 6.42 Å². The highest BCUT2D eigenvalue weighted by Crippen LogP contribution is 2.12. The molecular weight excluding hydrogens is 682 g/mol. The Morgan fingerprint density at radius 3 is 1.33 bits per heavy atom. The lowest BCUT2D eigenvalue weighted by molar-refractivity contribution is -0.149. The SMILES string of the molecule is CCCCCCCCC/C=C/CCCCCCC(=O)N(CCCNC(=O)[C@H](O)[C@@H](O)[C@H](O)[C@@H](O)CO)CCCNC(=O)[C@H](O)[C@@H](O)[C@H](O)[C@@H](O)CO. The Morgan fingerprint density at radius 1 is 0.538 bits per heavy atom. The summed E-state index contributed by atoms with van der Waals surface area (Å²) in [5, 5.41) is 101. The molecule has 12 N–H and O–H groups in total. The van der Waals surface area contributed by atoms with Crippen molar-refractivity contribution in [3.05, 3.63) is 12.2 Å². The largest absolute Gasteiger partial charge is 0.394 e. The van der Waals surface area contributed by atoms with E-state index in [1.165, 1.54) is 44.9 Å². The number of unbranched alkanes of at least 4 members (excludes halogenated alkanes) is 11. The number of allylic oxidation sites excluding steroid dienone is 2. The molecule has 306 valence electrons. The molecule has 8 atom stereocenters. The zero-order chi connectivity index (χ0) is 39.3. The lowest BCUT2D eigenvalue weighted by atomic mass is 10.0. The third-order valence-electron chi connectivity index (χ3n) is 8.86. The van der Waals surface area contributed by atoms with Crippen molar-refractivity contribution >= 4 is 17.7 Å². The molecule has 3 amide bonds. The monoisotopic (exact) mass is 751 g/mol. The van der Waals surface area contributed by atoms with Gasteiger partial charge in [-0.25, -0.2) is 0 Å². The minimum Gasteiger partial charge on any atom is -0.394 e. The molecule has 0 aliphatic rings. The highest BCUT2D eigenvalue weighted by molar-refractivity contribution is 5.81. The molecular formula is C36H69N3O13. The second-order valence-corrected chi connectivity index (χ2v) is 13.4. The van der Waals surface area contributed by atoms with Gasteiger partial charge in [0.2, 0.25) is 5.91 Å². The number of rotatable bonds is 33. The van der Waals surface area contributed by atoms with E-state index in [2.05, 4.69) is 29.7 Å². The number of aliphatic hydroxyl groups is 10. The van der Waals surface area contributed by atoms with Crippen molar-refractivity contribution in [2.75, 3.05) is 39.4 Å². The summed E-state index contributed by atoms with van der Waals surface area (Å²) in [6.45, 7) is 0.786. The normalized spacial score (nSPS) is 16.4. The minimum absolute atomic E-state index is 0.0135. The Bertz CT molecular complexity index is 912. The van der Waals surface area contributed by atoms with Crippen LogP contribution in [0.25, 0.3) is 0 Å². The van der Waals surface area contributed by atoms with Gasteiger partial charge in [-0.3, -0.25) is 14.4 Å². The predicted octanol–water partition coefficient (Wildman–Crippen LogP) is -1.26. The summed E-state index contributed by atoms with van der Waals surface area (Å²) in [6, 6.07) is 0. The quantitative estimate of drug-likeness (QED) is 0.0276. The maximum atomic E-state index is 13.1. The number of carbonyl (C=O) groups is 3. The predicted molar refractivity (Wildman–Crippen MR) is 194 cm³/mol. The van der Waals surface area contributed by atoms with Gasteiger partial charge >= 0.3 is 0 Å². The molecule has 0 spiro atoms. The first-order chi connectivity index (χ1) is 24.8. The number of nitrogens with zero attached hydrogens (tertiary/aromatic N) is 1. The van der Waals surface area contributed by atoms with Crippen LogP contribution in [-0.4, -0.2) is 162 Å². The van der Waals surface area contributed by atoms with Crippen LogP contribution in [0.4, 0.5) is 0 Å². The van der Waals surface area contributed by atoms with Gasteiger partial charge in [0.1, 0.15) is 36.6 Å². The molecule has 0 aromatic carbocycles. The molecule has 16 heteroatoms. The highest BCUT2D eigenvalue weighted by Gasteiger charge is 2.35. The Hall–Kier alpha value is -2.25. The number of carbonyl (C=O) groups excluding carboxylic acids is 3. The van der Waals surface area contributed by atoms with Crippen molar-refractivity contribution in [3.63, 3.8) is 0 Å². The number of amides is 3. The molecule has 0 aromatic rings. The van der Waals surface area contributed by atoms with E-state index in [1.807, 2.05) is 0 Å². The Labute approximate surface area is 308 Å². The Morgan fingerprint density at radius 2 is 0.923 bits per heavy atom. The smallest absolute Gasteiger partial charge is 0.251 e. The van der Waals surface area contributed by atoms with E-state index in [0.717, 1.165) is 32.1 Å². The molecule has 0 aliphatic heterocycles. The van der Waals surface area contributed by atoms with Crippen LogP contribution >= 0.6 is 0 Å². The number of hydrogen-bond acceptors (Lipinski definition) is 13.